The topological polar surface area (TPSA) is 58.6 Å². The van der Waals surface area contributed by atoms with Crippen molar-refractivity contribution in [3.05, 3.63) is 29.8 Å². The van der Waals surface area contributed by atoms with Gasteiger partial charge in [-0.1, -0.05) is 6.07 Å². The Kier molecular flexibility index (Phi) is 4.56. The molecule has 0 bridgehead atoms. The predicted octanol–water partition coefficient (Wildman–Crippen LogP) is 1.61. The highest BCUT2D eigenvalue weighted by atomic mass is 19.1. The average Bonchev–Trinajstić information content (AvgIpc) is 2.89. The number of benzene rings is 1. The molecule has 0 saturated carbocycles. The minimum atomic E-state index is -0.786. The number of carbonyl (C=O) groups is 2. The van der Waals surface area contributed by atoms with Gasteiger partial charge in [0.25, 0.3) is 0 Å². The molecule has 2 amide bonds. The van der Waals surface area contributed by atoms with Crippen molar-refractivity contribution >= 4 is 17.5 Å². The summed E-state index contributed by atoms with van der Waals surface area (Å²) in [5, 5.41) is 2.68. The molecule has 7 heteroatoms. The molecule has 2 heterocycles. The number of hydrogen-bond donors (Lipinski definition) is 1. The van der Waals surface area contributed by atoms with Crippen LogP contribution < -0.4 is 10.2 Å². The SMILES string of the molecule is O=C(N[C@H]1CCN(c2c(F)cccc2F)C1=O)[C@@H]1CCCOC1. The maximum Gasteiger partial charge on any atom is 0.249 e. The van der Waals surface area contributed by atoms with Crippen molar-refractivity contribution in [1.29, 1.82) is 0 Å². The highest BCUT2D eigenvalue weighted by molar-refractivity contribution is 6.01. The standard InChI is InChI=1S/C16H18F2N2O3/c17-11-4-1-5-12(18)14(11)20-7-6-13(16(20)22)19-15(21)10-3-2-8-23-9-10/h1,4-5,10,13H,2-3,6-9H2,(H,19,21)/t10-,13+/m1/s1. The summed E-state index contributed by atoms with van der Waals surface area (Å²) in [6.45, 7) is 1.16. The summed E-state index contributed by atoms with van der Waals surface area (Å²) >= 11 is 0. The van der Waals surface area contributed by atoms with Gasteiger partial charge in [0.2, 0.25) is 11.8 Å². The van der Waals surface area contributed by atoms with E-state index < -0.39 is 23.6 Å². The number of para-hydroxylation sites is 1. The van der Waals surface area contributed by atoms with Crippen LogP contribution in [0.5, 0.6) is 0 Å². The number of hydrogen-bond acceptors (Lipinski definition) is 3. The highest BCUT2D eigenvalue weighted by Crippen LogP contribution is 2.27. The largest absolute Gasteiger partial charge is 0.381 e. The molecule has 1 aromatic carbocycles. The Morgan fingerprint density at radius 2 is 2.00 bits per heavy atom. The van der Waals surface area contributed by atoms with Crippen LogP contribution in [0, 0.1) is 17.6 Å². The Morgan fingerprint density at radius 3 is 2.65 bits per heavy atom. The number of nitrogens with one attached hydrogen (secondary N) is 1. The van der Waals surface area contributed by atoms with Crippen molar-refractivity contribution in [2.45, 2.75) is 25.3 Å². The van der Waals surface area contributed by atoms with Gasteiger partial charge in [-0.15, -0.1) is 0 Å². The van der Waals surface area contributed by atoms with Crippen molar-refractivity contribution in [2.24, 2.45) is 5.92 Å². The summed E-state index contributed by atoms with van der Waals surface area (Å²) in [5.41, 5.74) is -0.352. The summed E-state index contributed by atoms with van der Waals surface area (Å²) in [4.78, 5) is 25.6. The zero-order chi connectivity index (χ0) is 16.4. The third-order valence-electron chi connectivity index (χ3n) is 4.26. The first kappa shape index (κ1) is 15.9. The molecule has 5 nitrogen and oxygen atoms in total. The normalized spacial score (nSPS) is 24.8. The first-order valence-corrected chi connectivity index (χ1v) is 7.71. The van der Waals surface area contributed by atoms with Gasteiger partial charge in [-0.3, -0.25) is 9.59 Å². The van der Waals surface area contributed by atoms with Gasteiger partial charge in [-0.25, -0.2) is 8.78 Å². The molecule has 23 heavy (non-hydrogen) atoms. The lowest BCUT2D eigenvalue weighted by Gasteiger charge is -2.23. The van der Waals surface area contributed by atoms with Crippen LogP contribution in [0.3, 0.4) is 0 Å². The fraction of sp³-hybridized carbons (Fsp3) is 0.500. The summed E-state index contributed by atoms with van der Waals surface area (Å²) in [6.07, 6.45) is 1.85. The van der Waals surface area contributed by atoms with Crippen LogP contribution in [0.4, 0.5) is 14.5 Å². The second kappa shape index (κ2) is 6.62. The van der Waals surface area contributed by atoms with E-state index in [1.54, 1.807) is 0 Å². The van der Waals surface area contributed by atoms with E-state index in [0.717, 1.165) is 29.9 Å². The van der Waals surface area contributed by atoms with Gasteiger partial charge >= 0.3 is 0 Å². The number of anilines is 1. The van der Waals surface area contributed by atoms with Crippen LogP contribution in [0.2, 0.25) is 0 Å². The molecule has 124 valence electrons. The zero-order valence-corrected chi connectivity index (χ0v) is 12.6. The number of halogens is 2. The van der Waals surface area contributed by atoms with Gasteiger partial charge in [0.05, 0.1) is 12.5 Å². The zero-order valence-electron chi connectivity index (χ0n) is 12.6. The maximum atomic E-state index is 13.8. The third kappa shape index (κ3) is 3.19. The molecular formula is C16H18F2N2O3. The smallest absolute Gasteiger partial charge is 0.249 e. The first-order chi connectivity index (χ1) is 11.1. The number of carbonyl (C=O) groups excluding carboxylic acids is 2. The minimum Gasteiger partial charge on any atom is -0.381 e. The molecule has 2 aliphatic rings. The molecule has 0 unspecified atom stereocenters. The second-order valence-corrected chi connectivity index (χ2v) is 5.82. The fourth-order valence-corrected chi connectivity index (χ4v) is 3.02. The molecule has 0 radical (unpaired) electrons. The van der Waals surface area contributed by atoms with Gasteiger partial charge in [-0.2, -0.15) is 0 Å². The Morgan fingerprint density at radius 1 is 1.26 bits per heavy atom. The Labute approximate surface area is 132 Å². The average molecular weight is 324 g/mol. The number of nitrogens with zero attached hydrogens (tertiary/aromatic N) is 1. The van der Waals surface area contributed by atoms with Crippen molar-refractivity contribution in [1.82, 2.24) is 5.32 Å². The van der Waals surface area contributed by atoms with E-state index in [0.29, 0.717) is 19.6 Å². The Bertz CT molecular complexity index is 597. The van der Waals surface area contributed by atoms with Gasteiger partial charge in [0.15, 0.2) is 0 Å². The van der Waals surface area contributed by atoms with Crippen LogP contribution >= 0.6 is 0 Å². The molecule has 0 aliphatic carbocycles. The number of ether oxygens (including phenoxy) is 1. The summed E-state index contributed by atoms with van der Waals surface area (Å²) < 4.78 is 32.9. The van der Waals surface area contributed by atoms with E-state index in [4.69, 9.17) is 4.74 Å². The molecule has 2 aliphatic heterocycles. The lowest BCUT2D eigenvalue weighted by Crippen LogP contribution is -2.45. The van der Waals surface area contributed by atoms with Crippen molar-refractivity contribution in [3.63, 3.8) is 0 Å². The first-order valence-electron chi connectivity index (χ1n) is 7.71. The molecule has 0 spiro atoms. The third-order valence-corrected chi connectivity index (χ3v) is 4.26. The molecule has 2 atom stereocenters. The summed E-state index contributed by atoms with van der Waals surface area (Å²) in [6, 6.07) is 2.72. The van der Waals surface area contributed by atoms with Crippen molar-refractivity contribution < 1.29 is 23.1 Å². The quantitative estimate of drug-likeness (QED) is 0.919. The van der Waals surface area contributed by atoms with Gasteiger partial charge < -0.3 is 15.0 Å². The van der Waals surface area contributed by atoms with E-state index >= 15 is 0 Å². The summed E-state index contributed by atoms with van der Waals surface area (Å²) in [7, 11) is 0. The molecule has 2 saturated heterocycles. The maximum absolute atomic E-state index is 13.8. The molecule has 3 rings (SSSR count). The lowest BCUT2D eigenvalue weighted by atomic mass is 10.0. The van der Waals surface area contributed by atoms with Crippen LogP contribution in [-0.2, 0) is 14.3 Å². The van der Waals surface area contributed by atoms with Gasteiger partial charge in [0, 0.05) is 13.2 Å². The van der Waals surface area contributed by atoms with E-state index in [1.807, 2.05) is 0 Å². The van der Waals surface area contributed by atoms with E-state index in [1.165, 1.54) is 6.07 Å². The van der Waals surface area contributed by atoms with Crippen molar-refractivity contribution in [3.8, 4) is 0 Å². The van der Waals surface area contributed by atoms with Gasteiger partial charge in [0.1, 0.15) is 23.4 Å². The Hall–Kier alpha value is -2.02. The molecular weight excluding hydrogens is 306 g/mol. The highest BCUT2D eigenvalue weighted by Gasteiger charge is 2.37. The van der Waals surface area contributed by atoms with Gasteiger partial charge in [-0.05, 0) is 31.4 Å². The second-order valence-electron chi connectivity index (χ2n) is 5.82. The minimum absolute atomic E-state index is 0.169. The van der Waals surface area contributed by atoms with E-state index in [2.05, 4.69) is 5.32 Å². The number of amides is 2. The lowest BCUT2D eigenvalue weighted by molar-refractivity contribution is -0.132. The van der Waals surface area contributed by atoms with E-state index in [9.17, 15) is 18.4 Å². The molecule has 1 N–H and O–H groups in total. The number of rotatable bonds is 3. The van der Waals surface area contributed by atoms with Crippen molar-refractivity contribution in [2.75, 3.05) is 24.7 Å². The summed E-state index contributed by atoms with van der Waals surface area (Å²) in [5.74, 6) is -2.56. The monoisotopic (exact) mass is 324 g/mol. The van der Waals surface area contributed by atoms with Crippen LogP contribution in [0.25, 0.3) is 0 Å². The van der Waals surface area contributed by atoms with Crippen LogP contribution in [0.15, 0.2) is 18.2 Å². The van der Waals surface area contributed by atoms with E-state index in [-0.39, 0.29) is 24.1 Å². The molecule has 2 fully saturated rings. The van der Waals surface area contributed by atoms with Crippen LogP contribution in [0.1, 0.15) is 19.3 Å². The predicted molar refractivity (Wildman–Crippen MR) is 78.8 cm³/mol. The molecule has 0 aromatic heterocycles. The fourth-order valence-electron chi connectivity index (χ4n) is 3.02. The Balaban J connectivity index is 1.68. The molecule has 1 aromatic rings. The van der Waals surface area contributed by atoms with Crippen LogP contribution in [-0.4, -0.2) is 37.6 Å².